The standard InChI is InChI=1S/C26H24N2O4/c1-2-25(16-27-21-12-5-3-10-19(21)25)28-22-13-6-4-11-20(22)26(32,24(28)31)15-23(30)17-8-7-9-18(29)14-17/h3-14,27,29,32H,2,15-16H2,1H3. The number of phenolic OH excluding ortho intramolecular Hbond substituents is 1. The molecule has 3 aromatic rings. The van der Waals surface area contributed by atoms with Crippen LogP contribution in [0.4, 0.5) is 11.4 Å². The Hall–Kier alpha value is -3.64. The molecule has 0 radical (unpaired) electrons. The van der Waals surface area contributed by atoms with Crippen molar-refractivity contribution in [1.29, 1.82) is 0 Å². The highest BCUT2D eigenvalue weighted by molar-refractivity contribution is 6.12. The predicted molar refractivity (Wildman–Crippen MR) is 122 cm³/mol. The number of Topliss-reactive ketones (excluding diaryl/α,β-unsaturated/α-hetero) is 1. The van der Waals surface area contributed by atoms with Crippen LogP contribution in [0.15, 0.2) is 72.8 Å². The number of anilines is 2. The van der Waals surface area contributed by atoms with Crippen LogP contribution in [0.25, 0.3) is 0 Å². The second kappa shape index (κ2) is 7.21. The Kier molecular flexibility index (Phi) is 4.57. The van der Waals surface area contributed by atoms with Crippen molar-refractivity contribution in [1.82, 2.24) is 0 Å². The Morgan fingerprint density at radius 2 is 1.75 bits per heavy atom. The first-order chi connectivity index (χ1) is 15.4. The smallest absolute Gasteiger partial charge is 0.265 e. The van der Waals surface area contributed by atoms with Crippen LogP contribution in [0.5, 0.6) is 5.75 Å². The van der Waals surface area contributed by atoms with Gasteiger partial charge in [0, 0.05) is 28.9 Å². The largest absolute Gasteiger partial charge is 0.508 e. The molecule has 0 bridgehead atoms. The molecule has 2 aliphatic heterocycles. The third-order valence-electron chi connectivity index (χ3n) is 6.74. The van der Waals surface area contributed by atoms with Crippen molar-refractivity contribution in [2.75, 3.05) is 16.8 Å². The number of amides is 1. The SMILES string of the molecule is CCC1(N2C(=O)C(O)(CC(=O)c3cccc(O)c3)c3ccccc32)CNc2ccccc21. The highest BCUT2D eigenvalue weighted by Gasteiger charge is 2.58. The molecule has 0 saturated heterocycles. The molecule has 2 heterocycles. The molecule has 2 atom stereocenters. The molecule has 2 unspecified atom stereocenters. The van der Waals surface area contributed by atoms with Crippen LogP contribution < -0.4 is 10.2 Å². The number of nitrogens with one attached hydrogen (secondary N) is 1. The number of carbonyl (C=O) groups is 2. The van der Waals surface area contributed by atoms with Gasteiger partial charge in [-0.25, -0.2) is 0 Å². The molecule has 2 aliphatic rings. The quantitative estimate of drug-likeness (QED) is 0.536. The van der Waals surface area contributed by atoms with Crippen LogP contribution >= 0.6 is 0 Å². The Morgan fingerprint density at radius 1 is 1.03 bits per heavy atom. The summed E-state index contributed by atoms with van der Waals surface area (Å²) in [5.41, 5.74) is 0.585. The fourth-order valence-corrected chi connectivity index (χ4v) is 5.09. The van der Waals surface area contributed by atoms with E-state index in [9.17, 15) is 19.8 Å². The van der Waals surface area contributed by atoms with Gasteiger partial charge in [-0.15, -0.1) is 0 Å². The summed E-state index contributed by atoms with van der Waals surface area (Å²) in [6.07, 6.45) is 0.228. The average molecular weight is 428 g/mol. The number of rotatable bonds is 5. The monoisotopic (exact) mass is 428 g/mol. The number of carbonyl (C=O) groups excluding carboxylic acids is 2. The summed E-state index contributed by atoms with van der Waals surface area (Å²) in [5, 5.41) is 24.9. The van der Waals surface area contributed by atoms with E-state index in [1.165, 1.54) is 12.1 Å². The molecule has 0 fully saturated rings. The second-order valence-electron chi connectivity index (χ2n) is 8.45. The van der Waals surface area contributed by atoms with Crippen molar-refractivity contribution >= 4 is 23.1 Å². The van der Waals surface area contributed by atoms with E-state index in [-0.39, 0.29) is 11.3 Å². The Morgan fingerprint density at radius 3 is 2.50 bits per heavy atom. The Bertz CT molecular complexity index is 1240. The third kappa shape index (κ3) is 2.76. The minimum Gasteiger partial charge on any atom is -0.508 e. The van der Waals surface area contributed by atoms with Gasteiger partial charge >= 0.3 is 0 Å². The Balaban J connectivity index is 1.61. The molecule has 0 aliphatic carbocycles. The lowest BCUT2D eigenvalue weighted by Crippen LogP contribution is -2.53. The number of benzene rings is 3. The molecule has 32 heavy (non-hydrogen) atoms. The fraction of sp³-hybridized carbons (Fsp3) is 0.231. The molecular weight excluding hydrogens is 404 g/mol. The third-order valence-corrected chi connectivity index (χ3v) is 6.74. The fourth-order valence-electron chi connectivity index (χ4n) is 5.09. The van der Waals surface area contributed by atoms with E-state index >= 15 is 0 Å². The van der Waals surface area contributed by atoms with E-state index in [2.05, 4.69) is 5.32 Å². The first-order valence-electron chi connectivity index (χ1n) is 10.7. The maximum atomic E-state index is 13.9. The van der Waals surface area contributed by atoms with Crippen LogP contribution in [0.1, 0.15) is 41.3 Å². The average Bonchev–Trinajstić information content (AvgIpc) is 3.28. The minimum atomic E-state index is -1.99. The summed E-state index contributed by atoms with van der Waals surface area (Å²) in [4.78, 5) is 28.6. The van der Waals surface area contributed by atoms with Gasteiger partial charge in [0.05, 0.1) is 17.6 Å². The summed E-state index contributed by atoms with van der Waals surface area (Å²) >= 11 is 0. The zero-order chi connectivity index (χ0) is 22.5. The topological polar surface area (TPSA) is 89.9 Å². The summed E-state index contributed by atoms with van der Waals surface area (Å²) in [6, 6.07) is 21.0. The zero-order valence-electron chi connectivity index (χ0n) is 17.7. The van der Waals surface area contributed by atoms with Gasteiger partial charge < -0.3 is 15.5 Å². The van der Waals surface area contributed by atoms with Gasteiger partial charge in [-0.1, -0.05) is 55.5 Å². The first-order valence-corrected chi connectivity index (χ1v) is 10.7. The molecule has 0 spiro atoms. The maximum absolute atomic E-state index is 13.9. The molecule has 3 N–H and O–H groups in total. The van der Waals surface area contributed by atoms with Crippen LogP contribution in [0, 0.1) is 0 Å². The molecule has 6 nitrogen and oxygen atoms in total. The lowest BCUT2D eigenvalue weighted by molar-refractivity contribution is -0.137. The molecular formula is C26H24N2O4. The van der Waals surface area contributed by atoms with Gasteiger partial charge in [0.1, 0.15) is 5.75 Å². The van der Waals surface area contributed by atoms with E-state index in [1.807, 2.05) is 43.3 Å². The van der Waals surface area contributed by atoms with Crippen LogP contribution in [-0.2, 0) is 15.9 Å². The molecule has 6 heteroatoms. The molecule has 3 aromatic carbocycles. The summed E-state index contributed by atoms with van der Waals surface area (Å²) in [5.74, 6) is -0.961. The van der Waals surface area contributed by atoms with Crippen molar-refractivity contribution in [2.45, 2.75) is 30.9 Å². The number of aromatic hydroxyl groups is 1. The number of hydrogen-bond donors (Lipinski definition) is 3. The van der Waals surface area contributed by atoms with E-state index in [4.69, 9.17) is 0 Å². The van der Waals surface area contributed by atoms with Gasteiger partial charge in [0.2, 0.25) is 0 Å². The van der Waals surface area contributed by atoms with Gasteiger partial charge in [-0.3, -0.25) is 14.5 Å². The number of para-hydroxylation sites is 2. The maximum Gasteiger partial charge on any atom is 0.265 e. The van der Waals surface area contributed by atoms with E-state index < -0.39 is 29.3 Å². The summed E-state index contributed by atoms with van der Waals surface area (Å²) in [7, 11) is 0. The van der Waals surface area contributed by atoms with Crippen LogP contribution in [0.2, 0.25) is 0 Å². The minimum absolute atomic E-state index is 0.0406. The molecule has 5 rings (SSSR count). The molecule has 0 aromatic heterocycles. The lowest BCUT2D eigenvalue weighted by Gasteiger charge is -2.39. The van der Waals surface area contributed by atoms with E-state index in [1.54, 1.807) is 29.2 Å². The van der Waals surface area contributed by atoms with E-state index in [0.717, 1.165) is 11.3 Å². The molecule has 1 amide bonds. The van der Waals surface area contributed by atoms with Crippen LogP contribution in [-0.4, -0.2) is 28.4 Å². The Labute approximate surface area is 186 Å². The van der Waals surface area contributed by atoms with Gasteiger partial charge in [-0.05, 0) is 30.7 Å². The first kappa shape index (κ1) is 20.3. The number of hydrogen-bond acceptors (Lipinski definition) is 5. The van der Waals surface area contributed by atoms with E-state index in [0.29, 0.717) is 24.2 Å². The molecule has 162 valence electrons. The van der Waals surface area contributed by atoms with Gasteiger partial charge in [0.25, 0.3) is 5.91 Å². The summed E-state index contributed by atoms with van der Waals surface area (Å²) < 4.78 is 0. The normalized spacial score (nSPS) is 23.6. The highest BCUT2D eigenvalue weighted by atomic mass is 16.3. The van der Waals surface area contributed by atoms with Gasteiger partial charge in [0.15, 0.2) is 11.4 Å². The zero-order valence-corrected chi connectivity index (χ0v) is 17.7. The number of phenols is 1. The number of aliphatic hydroxyl groups is 1. The van der Waals surface area contributed by atoms with Crippen molar-refractivity contribution in [3.05, 3.63) is 89.5 Å². The van der Waals surface area contributed by atoms with Crippen molar-refractivity contribution < 1.29 is 19.8 Å². The lowest BCUT2D eigenvalue weighted by atomic mass is 9.86. The van der Waals surface area contributed by atoms with Crippen LogP contribution in [0.3, 0.4) is 0 Å². The predicted octanol–water partition coefficient (Wildman–Crippen LogP) is 3.93. The number of nitrogens with zero attached hydrogens (tertiary/aromatic N) is 1. The van der Waals surface area contributed by atoms with Crippen molar-refractivity contribution in [3.8, 4) is 5.75 Å². The van der Waals surface area contributed by atoms with Gasteiger partial charge in [-0.2, -0.15) is 0 Å². The highest BCUT2D eigenvalue weighted by Crippen LogP contribution is 2.52. The van der Waals surface area contributed by atoms with Crippen molar-refractivity contribution in [2.24, 2.45) is 0 Å². The van der Waals surface area contributed by atoms with Crippen molar-refractivity contribution in [3.63, 3.8) is 0 Å². The number of fused-ring (bicyclic) bond motifs is 2. The molecule has 0 saturated carbocycles. The summed E-state index contributed by atoms with van der Waals surface area (Å²) in [6.45, 7) is 2.54. The second-order valence-corrected chi connectivity index (χ2v) is 8.45. The number of ketones is 1.